The molecule has 1 heterocycles. The van der Waals surface area contributed by atoms with Crippen LogP contribution in [0.25, 0.3) is 0 Å². The van der Waals surface area contributed by atoms with Crippen molar-refractivity contribution in [3.63, 3.8) is 0 Å². The molecule has 88 valence electrons. The Hall–Kier alpha value is -1.85. The molecule has 0 saturated heterocycles. The third-order valence-electron chi connectivity index (χ3n) is 1.88. The number of hydrogen-bond acceptors (Lipinski definition) is 6. The second kappa shape index (κ2) is 6.60. The third kappa shape index (κ3) is 4.12. The quantitative estimate of drug-likeness (QED) is 0.549. The largest absolute Gasteiger partial charge is 0.466 e. The number of ether oxygens (including phenoxy) is 1. The maximum Gasteiger partial charge on any atom is 0.305 e. The van der Waals surface area contributed by atoms with Crippen LogP contribution in [0.2, 0.25) is 0 Å². The zero-order valence-corrected chi connectivity index (χ0v) is 9.27. The van der Waals surface area contributed by atoms with Gasteiger partial charge in [0, 0.05) is 25.4 Å². The molecule has 3 N–H and O–H groups in total. The molecule has 0 spiro atoms. The number of nitrogens with two attached hydrogens (primary N) is 1. The molecule has 1 aromatic heterocycles. The van der Waals surface area contributed by atoms with Gasteiger partial charge in [-0.2, -0.15) is 0 Å². The van der Waals surface area contributed by atoms with Gasteiger partial charge in [-0.1, -0.05) is 0 Å². The van der Waals surface area contributed by atoms with Crippen molar-refractivity contribution in [1.29, 1.82) is 0 Å². The number of nitrogen functional groups attached to an aromatic ring is 1. The van der Waals surface area contributed by atoms with Gasteiger partial charge in [-0.25, -0.2) is 9.97 Å². The third-order valence-corrected chi connectivity index (χ3v) is 1.88. The summed E-state index contributed by atoms with van der Waals surface area (Å²) in [4.78, 5) is 18.9. The highest BCUT2D eigenvalue weighted by molar-refractivity contribution is 5.69. The van der Waals surface area contributed by atoms with Gasteiger partial charge in [-0.3, -0.25) is 4.79 Å². The minimum absolute atomic E-state index is 0.184. The summed E-state index contributed by atoms with van der Waals surface area (Å²) in [5.74, 6) is 0.724. The minimum Gasteiger partial charge on any atom is -0.466 e. The van der Waals surface area contributed by atoms with Crippen LogP contribution in [0.1, 0.15) is 19.8 Å². The highest BCUT2D eigenvalue weighted by Crippen LogP contribution is 2.09. The first-order valence-corrected chi connectivity index (χ1v) is 5.20. The van der Waals surface area contributed by atoms with Crippen molar-refractivity contribution in [2.24, 2.45) is 0 Å². The predicted octanol–water partition coefficient (Wildman–Crippen LogP) is 0.814. The molecule has 1 rings (SSSR count). The summed E-state index contributed by atoms with van der Waals surface area (Å²) in [5, 5.41) is 3.00. The zero-order valence-electron chi connectivity index (χ0n) is 9.27. The first-order chi connectivity index (χ1) is 7.74. The predicted molar refractivity (Wildman–Crippen MR) is 60.8 cm³/mol. The van der Waals surface area contributed by atoms with Crippen molar-refractivity contribution < 1.29 is 9.53 Å². The molecule has 0 saturated carbocycles. The van der Waals surface area contributed by atoms with Gasteiger partial charge in [0.2, 0.25) is 0 Å². The van der Waals surface area contributed by atoms with E-state index in [1.807, 2.05) is 0 Å². The number of aromatic nitrogens is 2. The molecule has 0 bridgehead atoms. The molecule has 1 aromatic rings. The number of rotatable bonds is 6. The van der Waals surface area contributed by atoms with Gasteiger partial charge >= 0.3 is 5.97 Å². The lowest BCUT2D eigenvalue weighted by Gasteiger charge is -2.06. The number of carbonyl (C=O) groups excluding carboxylic acids is 1. The summed E-state index contributed by atoms with van der Waals surface area (Å²) in [5.41, 5.74) is 5.58. The smallest absolute Gasteiger partial charge is 0.305 e. The van der Waals surface area contributed by atoms with Crippen LogP contribution in [0.5, 0.6) is 0 Å². The molecule has 0 unspecified atom stereocenters. The highest BCUT2D eigenvalue weighted by atomic mass is 16.5. The van der Waals surface area contributed by atoms with E-state index < -0.39 is 0 Å². The molecule has 16 heavy (non-hydrogen) atoms. The van der Waals surface area contributed by atoms with E-state index in [2.05, 4.69) is 15.3 Å². The van der Waals surface area contributed by atoms with Crippen molar-refractivity contribution in [2.75, 3.05) is 24.2 Å². The van der Waals surface area contributed by atoms with Crippen LogP contribution in [0.15, 0.2) is 12.4 Å². The fourth-order valence-electron chi connectivity index (χ4n) is 1.16. The molecule has 0 aliphatic heterocycles. The van der Waals surface area contributed by atoms with E-state index in [0.717, 1.165) is 0 Å². The summed E-state index contributed by atoms with van der Waals surface area (Å²) in [6.07, 6.45) is 4.15. The standard InChI is InChI=1S/C10H16N4O2/c1-2-16-8(15)4-3-5-13-10-9(11)12-6-7-14-10/h6-7H,2-5H2,1H3,(H2,11,12)(H,13,14). The maximum atomic E-state index is 11.0. The Morgan fingerprint density at radius 2 is 2.25 bits per heavy atom. The molecule has 0 radical (unpaired) electrons. The number of hydrogen-bond donors (Lipinski definition) is 2. The Labute approximate surface area is 94.2 Å². The maximum absolute atomic E-state index is 11.0. The van der Waals surface area contributed by atoms with Crippen molar-refractivity contribution in [3.05, 3.63) is 12.4 Å². The Kier molecular flexibility index (Phi) is 5.04. The number of nitrogens with zero attached hydrogens (tertiary/aromatic N) is 2. The monoisotopic (exact) mass is 224 g/mol. The first kappa shape index (κ1) is 12.2. The number of nitrogens with one attached hydrogen (secondary N) is 1. The van der Waals surface area contributed by atoms with E-state index in [9.17, 15) is 4.79 Å². The van der Waals surface area contributed by atoms with E-state index >= 15 is 0 Å². The average molecular weight is 224 g/mol. The van der Waals surface area contributed by atoms with Crippen molar-refractivity contribution in [3.8, 4) is 0 Å². The van der Waals surface area contributed by atoms with E-state index in [1.54, 1.807) is 13.1 Å². The summed E-state index contributed by atoms with van der Waals surface area (Å²) in [7, 11) is 0. The Morgan fingerprint density at radius 3 is 2.94 bits per heavy atom. The molecule has 6 heteroatoms. The van der Waals surface area contributed by atoms with Gasteiger partial charge in [0.05, 0.1) is 6.61 Å². The van der Waals surface area contributed by atoms with Gasteiger partial charge in [-0.05, 0) is 13.3 Å². The summed E-state index contributed by atoms with van der Waals surface area (Å²) >= 11 is 0. The van der Waals surface area contributed by atoms with Crippen LogP contribution in [0.3, 0.4) is 0 Å². The molecule has 0 fully saturated rings. The molecule has 0 amide bonds. The zero-order chi connectivity index (χ0) is 11.8. The SMILES string of the molecule is CCOC(=O)CCCNc1nccnc1N. The first-order valence-electron chi connectivity index (χ1n) is 5.20. The second-order valence-electron chi connectivity index (χ2n) is 3.13. The van der Waals surface area contributed by atoms with E-state index in [1.165, 1.54) is 6.20 Å². The lowest BCUT2D eigenvalue weighted by molar-refractivity contribution is -0.143. The normalized spacial score (nSPS) is 9.81. The van der Waals surface area contributed by atoms with Crippen molar-refractivity contribution in [2.45, 2.75) is 19.8 Å². The molecule has 0 aromatic carbocycles. The van der Waals surface area contributed by atoms with E-state index in [-0.39, 0.29) is 5.97 Å². The molecule has 0 aliphatic carbocycles. The van der Waals surface area contributed by atoms with Crippen LogP contribution in [-0.4, -0.2) is 29.1 Å². The molecule has 6 nitrogen and oxygen atoms in total. The van der Waals surface area contributed by atoms with Gasteiger partial charge in [0.25, 0.3) is 0 Å². The van der Waals surface area contributed by atoms with Gasteiger partial charge in [-0.15, -0.1) is 0 Å². The van der Waals surface area contributed by atoms with Crippen molar-refractivity contribution in [1.82, 2.24) is 9.97 Å². The fourth-order valence-corrected chi connectivity index (χ4v) is 1.16. The average Bonchev–Trinajstić information content (AvgIpc) is 2.27. The molecular weight excluding hydrogens is 208 g/mol. The lowest BCUT2D eigenvalue weighted by Crippen LogP contribution is -2.10. The molecule has 0 aliphatic rings. The topological polar surface area (TPSA) is 90.1 Å². The second-order valence-corrected chi connectivity index (χ2v) is 3.13. The minimum atomic E-state index is -0.184. The van der Waals surface area contributed by atoms with Crippen LogP contribution < -0.4 is 11.1 Å². The van der Waals surface area contributed by atoms with Gasteiger partial charge < -0.3 is 15.8 Å². The summed E-state index contributed by atoms with van der Waals surface area (Å²) in [6.45, 7) is 2.82. The number of carbonyl (C=O) groups is 1. The van der Waals surface area contributed by atoms with E-state index in [0.29, 0.717) is 37.6 Å². The van der Waals surface area contributed by atoms with E-state index in [4.69, 9.17) is 10.5 Å². The molecular formula is C10H16N4O2. The fraction of sp³-hybridized carbons (Fsp3) is 0.500. The molecule has 0 atom stereocenters. The Balaban J connectivity index is 2.21. The van der Waals surface area contributed by atoms with Gasteiger partial charge in [0.15, 0.2) is 11.6 Å². The van der Waals surface area contributed by atoms with Crippen molar-refractivity contribution >= 4 is 17.6 Å². The van der Waals surface area contributed by atoms with Crippen LogP contribution >= 0.6 is 0 Å². The number of anilines is 2. The summed E-state index contributed by atoms with van der Waals surface area (Å²) < 4.78 is 4.80. The lowest BCUT2D eigenvalue weighted by atomic mass is 10.3. The van der Waals surface area contributed by atoms with Crippen LogP contribution in [-0.2, 0) is 9.53 Å². The highest BCUT2D eigenvalue weighted by Gasteiger charge is 2.02. The summed E-state index contributed by atoms with van der Waals surface area (Å²) in [6, 6.07) is 0. The Bertz CT molecular complexity index is 343. The Morgan fingerprint density at radius 1 is 1.50 bits per heavy atom. The van der Waals surface area contributed by atoms with Crippen LogP contribution in [0.4, 0.5) is 11.6 Å². The number of esters is 1. The van der Waals surface area contributed by atoms with Gasteiger partial charge in [0.1, 0.15) is 0 Å². The van der Waals surface area contributed by atoms with Crippen LogP contribution in [0, 0.1) is 0 Å².